The van der Waals surface area contributed by atoms with Crippen molar-refractivity contribution in [1.82, 2.24) is 0 Å². The molecule has 1 heterocycles. The van der Waals surface area contributed by atoms with Gasteiger partial charge in [-0.15, -0.1) is 11.3 Å². The monoisotopic (exact) mass is 290 g/mol. The van der Waals surface area contributed by atoms with Crippen molar-refractivity contribution in [2.75, 3.05) is 0 Å². The first kappa shape index (κ1) is 13.3. The highest BCUT2D eigenvalue weighted by atomic mass is 32.1. The Kier molecular flexibility index (Phi) is 3.05. The molecule has 0 spiro atoms. The van der Waals surface area contributed by atoms with Crippen LogP contribution in [0.3, 0.4) is 0 Å². The Morgan fingerprint density at radius 1 is 1.30 bits per heavy atom. The van der Waals surface area contributed by atoms with Gasteiger partial charge in [-0.05, 0) is 85.5 Å². The van der Waals surface area contributed by atoms with Crippen LogP contribution in [0.4, 0.5) is 0 Å². The third kappa shape index (κ3) is 2.16. The van der Waals surface area contributed by atoms with E-state index in [0.29, 0.717) is 5.41 Å². The van der Waals surface area contributed by atoms with Crippen LogP contribution in [0, 0.1) is 22.7 Å². The summed E-state index contributed by atoms with van der Waals surface area (Å²) >= 11 is 1.83. The Morgan fingerprint density at radius 3 is 2.65 bits per heavy atom. The molecular weight excluding hydrogens is 264 g/mol. The van der Waals surface area contributed by atoms with Crippen molar-refractivity contribution in [3.05, 3.63) is 22.4 Å². The maximum absolute atomic E-state index is 10.9. The number of hydrogen-bond acceptors (Lipinski definition) is 2. The van der Waals surface area contributed by atoms with Crippen LogP contribution in [0.5, 0.6) is 0 Å². The second-order valence-electron chi connectivity index (χ2n) is 8.27. The standard InChI is InChI=1S/C18H26OS/c1-17-8-13-7-14(9-17)11-18(10-13,12-17)16(19)5-4-15-3-2-6-20-15/h2-3,6,13-14,16,19H,4-5,7-12H2,1H3. The number of hydrogen-bond donors (Lipinski definition) is 1. The molecule has 5 rings (SSSR count). The van der Waals surface area contributed by atoms with E-state index in [1.165, 1.54) is 43.4 Å². The van der Waals surface area contributed by atoms with Gasteiger partial charge in [-0.1, -0.05) is 13.0 Å². The van der Waals surface area contributed by atoms with Crippen LogP contribution in [0.1, 0.15) is 56.7 Å². The van der Waals surface area contributed by atoms with Crippen LogP contribution in [-0.4, -0.2) is 11.2 Å². The molecule has 110 valence electrons. The summed E-state index contributed by atoms with van der Waals surface area (Å²) in [5, 5.41) is 13.1. The number of thiophene rings is 1. The van der Waals surface area contributed by atoms with Gasteiger partial charge in [0.2, 0.25) is 0 Å². The van der Waals surface area contributed by atoms with Crippen molar-refractivity contribution < 1.29 is 5.11 Å². The molecule has 4 saturated carbocycles. The van der Waals surface area contributed by atoms with Gasteiger partial charge in [0, 0.05) is 4.88 Å². The lowest BCUT2D eigenvalue weighted by Gasteiger charge is -2.62. The van der Waals surface area contributed by atoms with Gasteiger partial charge in [-0.25, -0.2) is 0 Å². The van der Waals surface area contributed by atoms with Crippen LogP contribution in [0.2, 0.25) is 0 Å². The van der Waals surface area contributed by atoms with Gasteiger partial charge in [-0.2, -0.15) is 0 Å². The lowest BCUT2D eigenvalue weighted by atomic mass is 9.43. The lowest BCUT2D eigenvalue weighted by Crippen LogP contribution is -2.55. The highest BCUT2D eigenvalue weighted by Crippen LogP contribution is 2.66. The van der Waals surface area contributed by atoms with Crippen LogP contribution in [0.25, 0.3) is 0 Å². The zero-order valence-corrected chi connectivity index (χ0v) is 13.3. The molecule has 0 aromatic carbocycles. The zero-order valence-electron chi connectivity index (χ0n) is 12.5. The molecule has 1 aromatic rings. The predicted molar refractivity (Wildman–Crippen MR) is 83.9 cm³/mol. The number of aliphatic hydroxyl groups excluding tert-OH is 1. The van der Waals surface area contributed by atoms with Crippen LogP contribution >= 0.6 is 11.3 Å². The summed E-state index contributed by atoms with van der Waals surface area (Å²) in [4.78, 5) is 1.43. The molecule has 2 heteroatoms. The fourth-order valence-electron chi connectivity index (χ4n) is 6.23. The molecule has 1 N–H and O–H groups in total. The van der Waals surface area contributed by atoms with Gasteiger partial charge in [0.05, 0.1) is 6.10 Å². The highest BCUT2D eigenvalue weighted by Gasteiger charge is 2.57. The Hall–Kier alpha value is -0.340. The largest absolute Gasteiger partial charge is 0.393 e. The van der Waals surface area contributed by atoms with Crippen LogP contribution < -0.4 is 0 Å². The Bertz CT molecular complexity index is 464. The molecule has 0 amide bonds. The van der Waals surface area contributed by atoms with E-state index >= 15 is 0 Å². The van der Waals surface area contributed by atoms with Crippen LogP contribution in [-0.2, 0) is 6.42 Å². The summed E-state index contributed by atoms with van der Waals surface area (Å²) in [5.41, 5.74) is 0.824. The quantitative estimate of drug-likeness (QED) is 0.856. The Morgan fingerprint density at radius 2 is 2.05 bits per heavy atom. The predicted octanol–water partition coefficient (Wildman–Crippen LogP) is 4.65. The minimum absolute atomic E-state index is 0.0742. The van der Waals surface area contributed by atoms with E-state index in [1.807, 2.05) is 11.3 Å². The second kappa shape index (κ2) is 4.58. The van der Waals surface area contributed by atoms with Gasteiger partial charge in [0.25, 0.3) is 0 Å². The molecule has 4 aliphatic carbocycles. The summed E-state index contributed by atoms with van der Waals surface area (Å²) in [6.45, 7) is 2.49. The first-order chi connectivity index (χ1) is 9.57. The molecule has 0 radical (unpaired) electrons. The van der Waals surface area contributed by atoms with Gasteiger partial charge >= 0.3 is 0 Å². The van der Waals surface area contributed by atoms with Gasteiger partial charge in [0.1, 0.15) is 0 Å². The van der Waals surface area contributed by atoms with Gasteiger partial charge in [-0.3, -0.25) is 0 Å². The average Bonchev–Trinajstić information content (AvgIpc) is 2.85. The van der Waals surface area contributed by atoms with E-state index < -0.39 is 0 Å². The maximum atomic E-state index is 10.9. The molecule has 4 fully saturated rings. The topological polar surface area (TPSA) is 20.2 Å². The molecule has 1 aromatic heterocycles. The average molecular weight is 290 g/mol. The summed E-state index contributed by atoms with van der Waals surface area (Å²) in [7, 11) is 0. The van der Waals surface area contributed by atoms with Crippen molar-refractivity contribution in [2.45, 2.75) is 64.4 Å². The summed E-state index contributed by atoms with van der Waals surface area (Å²) in [6, 6.07) is 4.33. The Labute approximate surface area is 126 Å². The maximum Gasteiger partial charge on any atom is 0.0600 e. The van der Waals surface area contributed by atoms with Crippen molar-refractivity contribution in [2.24, 2.45) is 22.7 Å². The van der Waals surface area contributed by atoms with Crippen molar-refractivity contribution in [3.8, 4) is 0 Å². The summed E-state index contributed by atoms with van der Waals surface area (Å²) < 4.78 is 0. The third-order valence-electron chi connectivity index (χ3n) is 6.35. The normalized spacial score (nSPS) is 43.9. The zero-order chi connectivity index (χ0) is 13.8. The Balaban J connectivity index is 1.49. The molecule has 3 atom stereocenters. The second-order valence-corrected chi connectivity index (χ2v) is 9.30. The number of rotatable bonds is 4. The minimum Gasteiger partial charge on any atom is -0.393 e. The van der Waals surface area contributed by atoms with Gasteiger partial charge in [0.15, 0.2) is 0 Å². The van der Waals surface area contributed by atoms with Crippen molar-refractivity contribution in [3.63, 3.8) is 0 Å². The number of aliphatic hydroxyl groups is 1. The fraction of sp³-hybridized carbons (Fsp3) is 0.778. The van der Waals surface area contributed by atoms with E-state index in [1.54, 1.807) is 0 Å². The summed E-state index contributed by atoms with van der Waals surface area (Å²) in [6.07, 6.45) is 10.2. The fourth-order valence-corrected chi connectivity index (χ4v) is 6.95. The molecule has 0 aliphatic heterocycles. The van der Waals surface area contributed by atoms with E-state index in [4.69, 9.17) is 0 Å². The molecule has 4 bridgehead atoms. The number of aryl methyl sites for hydroxylation is 1. The molecule has 20 heavy (non-hydrogen) atoms. The van der Waals surface area contributed by atoms with E-state index in [-0.39, 0.29) is 11.5 Å². The smallest absolute Gasteiger partial charge is 0.0600 e. The molecular formula is C18H26OS. The molecule has 0 saturated heterocycles. The van der Waals surface area contributed by atoms with Crippen molar-refractivity contribution >= 4 is 11.3 Å². The van der Waals surface area contributed by atoms with Crippen LogP contribution in [0.15, 0.2) is 17.5 Å². The summed E-state index contributed by atoms with van der Waals surface area (Å²) in [5.74, 6) is 1.83. The first-order valence-corrected chi connectivity index (χ1v) is 9.15. The highest BCUT2D eigenvalue weighted by molar-refractivity contribution is 7.09. The van der Waals surface area contributed by atoms with E-state index in [2.05, 4.69) is 24.4 Å². The van der Waals surface area contributed by atoms with Crippen molar-refractivity contribution in [1.29, 1.82) is 0 Å². The van der Waals surface area contributed by atoms with Gasteiger partial charge < -0.3 is 5.11 Å². The SMILES string of the molecule is CC12CC3CC(C1)CC(C(O)CCc1cccs1)(C3)C2. The minimum atomic E-state index is -0.0742. The molecule has 4 aliphatic rings. The third-order valence-corrected chi connectivity index (χ3v) is 7.29. The van der Waals surface area contributed by atoms with E-state index in [0.717, 1.165) is 24.7 Å². The van der Waals surface area contributed by atoms with E-state index in [9.17, 15) is 5.11 Å². The molecule has 1 nitrogen and oxygen atoms in total. The first-order valence-electron chi connectivity index (χ1n) is 8.27. The molecule has 3 unspecified atom stereocenters. The lowest BCUT2D eigenvalue weighted by molar-refractivity contribution is -0.154.